The molecule has 0 saturated carbocycles. The van der Waals surface area contributed by atoms with Crippen LogP contribution in [0.5, 0.6) is 0 Å². The van der Waals surface area contributed by atoms with Gasteiger partial charge in [0.15, 0.2) is 0 Å². The van der Waals surface area contributed by atoms with Gasteiger partial charge in [0.25, 0.3) is 11.8 Å². The van der Waals surface area contributed by atoms with Gasteiger partial charge in [-0.25, -0.2) is 0 Å². The molecule has 132 valence electrons. The maximum absolute atomic E-state index is 12.2. The summed E-state index contributed by atoms with van der Waals surface area (Å²) in [6, 6.07) is 4.74. The number of methoxy groups -OCH3 is 1. The van der Waals surface area contributed by atoms with Crippen molar-refractivity contribution in [2.45, 2.75) is 25.0 Å². The molecule has 0 unspecified atom stereocenters. The van der Waals surface area contributed by atoms with E-state index in [0.717, 1.165) is 6.42 Å². The number of amides is 2. The average molecular weight is 356 g/mol. The first-order valence-electron chi connectivity index (χ1n) is 7.78. The van der Waals surface area contributed by atoms with E-state index in [1.54, 1.807) is 25.3 Å². The molecule has 2 amide bonds. The summed E-state index contributed by atoms with van der Waals surface area (Å²) in [5, 5.41) is 5.70. The second kappa shape index (κ2) is 8.98. The van der Waals surface area contributed by atoms with Crippen molar-refractivity contribution in [3.05, 3.63) is 28.8 Å². The molecule has 0 radical (unpaired) electrons. The van der Waals surface area contributed by atoms with Crippen LogP contribution in [0.25, 0.3) is 0 Å². The largest absolute Gasteiger partial charge is 0.383 e. The third kappa shape index (κ3) is 4.91. The van der Waals surface area contributed by atoms with Crippen LogP contribution in [0.4, 0.5) is 5.69 Å². The molecule has 1 aliphatic rings. The maximum atomic E-state index is 12.2. The number of anilines is 1. The first-order chi connectivity index (χ1) is 11.5. The summed E-state index contributed by atoms with van der Waals surface area (Å²) in [7, 11) is 1.56. The number of nitrogens with two attached hydrogens (primary N) is 1. The number of hydrogen-bond acceptors (Lipinski definition) is 5. The topological polar surface area (TPSA) is 103 Å². The minimum absolute atomic E-state index is 0.0671. The highest BCUT2D eigenvalue weighted by molar-refractivity contribution is 6.34. The van der Waals surface area contributed by atoms with Gasteiger partial charge in [-0.1, -0.05) is 11.6 Å². The van der Waals surface area contributed by atoms with Gasteiger partial charge in [-0.05, 0) is 31.0 Å². The smallest absolute Gasteiger partial charge is 0.253 e. The van der Waals surface area contributed by atoms with Gasteiger partial charge in [0, 0.05) is 25.9 Å². The lowest BCUT2D eigenvalue weighted by Gasteiger charge is -2.13. The fourth-order valence-electron chi connectivity index (χ4n) is 2.43. The number of benzene rings is 1. The Morgan fingerprint density at radius 2 is 2.21 bits per heavy atom. The Labute approximate surface area is 145 Å². The van der Waals surface area contributed by atoms with Crippen LogP contribution >= 0.6 is 11.6 Å². The maximum Gasteiger partial charge on any atom is 0.253 e. The van der Waals surface area contributed by atoms with E-state index in [9.17, 15) is 9.59 Å². The molecule has 24 heavy (non-hydrogen) atoms. The van der Waals surface area contributed by atoms with Crippen molar-refractivity contribution in [2.75, 3.05) is 32.1 Å². The average Bonchev–Trinajstić information content (AvgIpc) is 3.04. The number of ether oxygens (including phenoxy) is 2. The van der Waals surface area contributed by atoms with Gasteiger partial charge in [0.1, 0.15) is 6.10 Å². The Hall–Kier alpha value is -1.67. The molecule has 7 nitrogen and oxygen atoms in total. The first-order valence-corrected chi connectivity index (χ1v) is 8.16. The van der Waals surface area contributed by atoms with E-state index in [0.29, 0.717) is 37.4 Å². The lowest BCUT2D eigenvalue weighted by atomic mass is 10.1. The van der Waals surface area contributed by atoms with Crippen LogP contribution in [0, 0.1) is 0 Å². The van der Waals surface area contributed by atoms with Crippen LogP contribution < -0.4 is 16.4 Å². The van der Waals surface area contributed by atoms with Crippen molar-refractivity contribution in [3.63, 3.8) is 0 Å². The van der Waals surface area contributed by atoms with Gasteiger partial charge < -0.3 is 25.8 Å². The molecule has 1 heterocycles. The zero-order valence-corrected chi connectivity index (χ0v) is 14.3. The fourth-order valence-corrected chi connectivity index (χ4v) is 2.70. The summed E-state index contributed by atoms with van der Waals surface area (Å²) in [4.78, 5) is 24.1. The SMILES string of the molecule is COCCNC(=O)c1ccc(NC(=O)[C@@H]2CC[C@H](CN)O2)cc1Cl. The molecule has 2 rings (SSSR count). The van der Waals surface area contributed by atoms with Crippen molar-refractivity contribution < 1.29 is 19.1 Å². The zero-order chi connectivity index (χ0) is 17.5. The second-order valence-corrected chi connectivity index (χ2v) is 5.90. The van der Waals surface area contributed by atoms with Crippen LogP contribution in [0.1, 0.15) is 23.2 Å². The van der Waals surface area contributed by atoms with Crippen molar-refractivity contribution in [1.82, 2.24) is 5.32 Å². The Kier molecular flexibility index (Phi) is 6.99. The van der Waals surface area contributed by atoms with Crippen molar-refractivity contribution >= 4 is 29.1 Å². The Balaban J connectivity index is 1.94. The Morgan fingerprint density at radius 3 is 2.83 bits per heavy atom. The third-order valence-corrected chi connectivity index (χ3v) is 4.05. The summed E-state index contributed by atoms with van der Waals surface area (Å²) in [5.74, 6) is -0.529. The molecule has 8 heteroatoms. The fraction of sp³-hybridized carbons (Fsp3) is 0.500. The highest BCUT2D eigenvalue weighted by Crippen LogP contribution is 2.23. The molecule has 1 saturated heterocycles. The molecular formula is C16H22ClN3O4. The van der Waals surface area contributed by atoms with Gasteiger partial charge in [-0.2, -0.15) is 0 Å². The van der Waals surface area contributed by atoms with Crippen LogP contribution in [0.15, 0.2) is 18.2 Å². The molecule has 1 aromatic carbocycles. The number of carbonyl (C=O) groups excluding carboxylic acids is 2. The minimum atomic E-state index is -0.505. The monoisotopic (exact) mass is 355 g/mol. The summed E-state index contributed by atoms with van der Waals surface area (Å²) >= 11 is 6.13. The van der Waals surface area contributed by atoms with E-state index in [2.05, 4.69) is 10.6 Å². The lowest BCUT2D eigenvalue weighted by Crippen LogP contribution is -2.30. The third-order valence-electron chi connectivity index (χ3n) is 3.74. The van der Waals surface area contributed by atoms with Crippen LogP contribution in [-0.4, -0.2) is 50.8 Å². The summed E-state index contributed by atoms with van der Waals surface area (Å²) < 4.78 is 10.4. The van der Waals surface area contributed by atoms with E-state index in [4.69, 9.17) is 26.8 Å². The quantitative estimate of drug-likeness (QED) is 0.637. The lowest BCUT2D eigenvalue weighted by molar-refractivity contribution is -0.126. The normalized spacial score (nSPS) is 20.0. The highest BCUT2D eigenvalue weighted by atomic mass is 35.5. The van der Waals surface area contributed by atoms with Gasteiger partial charge in [0.05, 0.1) is 23.3 Å². The zero-order valence-electron chi connectivity index (χ0n) is 13.5. The standard InChI is InChI=1S/C16H22ClN3O4/c1-23-7-6-19-15(21)12-4-2-10(8-13(12)17)20-16(22)14-5-3-11(9-18)24-14/h2,4,8,11,14H,3,5-7,9,18H2,1H3,(H,19,21)(H,20,22)/t11-,14+/m1/s1. The molecule has 0 aliphatic carbocycles. The van der Waals surface area contributed by atoms with E-state index >= 15 is 0 Å². The van der Waals surface area contributed by atoms with Gasteiger partial charge in [-0.15, -0.1) is 0 Å². The van der Waals surface area contributed by atoms with Crippen molar-refractivity contribution in [1.29, 1.82) is 0 Å². The van der Waals surface area contributed by atoms with Crippen molar-refractivity contribution in [2.24, 2.45) is 5.73 Å². The molecule has 0 bridgehead atoms. The number of halogens is 1. The molecule has 1 aliphatic heterocycles. The van der Waals surface area contributed by atoms with E-state index < -0.39 is 6.10 Å². The van der Waals surface area contributed by atoms with Gasteiger partial charge >= 0.3 is 0 Å². The van der Waals surface area contributed by atoms with Crippen LogP contribution in [-0.2, 0) is 14.3 Å². The summed E-state index contributed by atoms with van der Waals surface area (Å²) in [6.07, 6.45) is 0.842. The minimum Gasteiger partial charge on any atom is -0.383 e. The van der Waals surface area contributed by atoms with Crippen LogP contribution in [0.3, 0.4) is 0 Å². The Bertz CT molecular complexity index is 597. The number of hydrogen-bond donors (Lipinski definition) is 3. The van der Waals surface area contributed by atoms with Gasteiger partial charge in [-0.3, -0.25) is 9.59 Å². The second-order valence-electron chi connectivity index (χ2n) is 5.49. The summed E-state index contributed by atoms with van der Waals surface area (Å²) in [5.41, 5.74) is 6.39. The van der Waals surface area contributed by atoms with E-state index in [-0.39, 0.29) is 22.9 Å². The number of rotatable bonds is 7. The van der Waals surface area contributed by atoms with E-state index in [1.165, 1.54) is 0 Å². The number of nitrogens with one attached hydrogen (secondary N) is 2. The predicted molar refractivity (Wildman–Crippen MR) is 91.2 cm³/mol. The molecule has 4 N–H and O–H groups in total. The van der Waals surface area contributed by atoms with Crippen molar-refractivity contribution in [3.8, 4) is 0 Å². The molecule has 1 fully saturated rings. The summed E-state index contributed by atoms with van der Waals surface area (Å²) in [6.45, 7) is 1.22. The van der Waals surface area contributed by atoms with Crippen LogP contribution in [0.2, 0.25) is 5.02 Å². The number of carbonyl (C=O) groups is 2. The highest BCUT2D eigenvalue weighted by Gasteiger charge is 2.29. The first kappa shape index (κ1) is 18.7. The molecular weight excluding hydrogens is 334 g/mol. The molecule has 0 aromatic heterocycles. The molecule has 2 atom stereocenters. The predicted octanol–water partition coefficient (Wildman–Crippen LogP) is 1.16. The molecule has 1 aromatic rings. The molecule has 0 spiro atoms. The van der Waals surface area contributed by atoms with Gasteiger partial charge in [0.2, 0.25) is 0 Å². The Morgan fingerprint density at radius 1 is 1.42 bits per heavy atom. The van der Waals surface area contributed by atoms with E-state index in [1.807, 2.05) is 0 Å².